The zero-order chi connectivity index (χ0) is 25.9. The fourth-order valence-corrected chi connectivity index (χ4v) is 5.42. The monoisotopic (exact) mass is 507 g/mol. The minimum absolute atomic E-state index is 0.171. The molecule has 0 aliphatic rings. The number of hydrogen-bond donors (Lipinski definition) is 1. The van der Waals surface area contributed by atoms with Crippen LogP contribution in [0.5, 0.6) is 5.88 Å². The van der Waals surface area contributed by atoms with Crippen molar-refractivity contribution in [2.24, 2.45) is 0 Å². The molecule has 0 amide bonds. The molecule has 0 bridgehead atoms. The van der Waals surface area contributed by atoms with E-state index in [4.69, 9.17) is 0 Å². The molecule has 0 fully saturated rings. The summed E-state index contributed by atoms with van der Waals surface area (Å²) in [4.78, 5) is 19.8. The summed E-state index contributed by atoms with van der Waals surface area (Å²) in [5.74, 6) is -0.928. The predicted octanol–water partition coefficient (Wildman–Crippen LogP) is 4.93. The van der Waals surface area contributed by atoms with Crippen LogP contribution < -0.4 is 5.56 Å². The zero-order valence-corrected chi connectivity index (χ0v) is 20.7. The minimum atomic E-state index is -4.40. The highest BCUT2D eigenvalue weighted by atomic mass is 32.2. The van der Waals surface area contributed by atoms with Crippen LogP contribution in [0.3, 0.4) is 0 Å². The lowest BCUT2D eigenvalue weighted by atomic mass is 10.1. The summed E-state index contributed by atoms with van der Waals surface area (Å²) in [6.45, 7) is 3.81. The van der Waals surface area contributed by atoms with Crippen LogP contribution >= 0.6 is 0 Å². The molecule has 0 aliphatic heterocycles. The first-order chi connectivity index (χ1) is 17.2. The highest BCUT2D eigenvalue weighted by Gasteiger charge is 2.31. The SMILES string of the molecule is CCCCc1nc(=O)c(S(=O)(=O)c2ccc(-c3ccc(F)nc3)cc2)c(O)n1[C@@H](C)c1ccccc1. The van der Waals surface area contributed by atoms with Crippen LogP contribution in [0, 0.1) is 5.95 Å². The average molecular weight is 508 g/mol. The number of halogens is 1. The summed E-state index contributed by atoms with van der Waals surface area (Å²) in [5, 5.41) is 11.2. The van der Waals surface area contributed by atoms with Crippen molar-refractivity contribution in [3.63, 3.8) is 0 Å². The van der Waals surface area contributed by atoms with Gasteiger partial charge in [0.1, 0.15) is 5.82 Å². The lowest BCUT2D eigenvalue weighted by molar-refractivity contribution is 0.369. The standard InChI is InChI=1S/C27H26FN3O4S/c1-3-4-10-24-30-26(32)25(27(33)31(24)18(2)19-8-6-5-7-9-19)36(34,35)22-14-11-20(12-15-22)21-13-16-23(28)29-17-21/h5-9,11-18,33H,3-4,10H2,1-2H3/t18-/m0/s1. The largest absolute Gasteiger partial charge is 0.493 e. The van der Waals surface area contributed by atoms with Crippen LogP contribution in [-0.2, 0) is 16.3 Å². The summed E-state index contributed by atoms with van der Waals surface area (Å²) >= 11 is 0. The number of benzene rings is 2. The smallest absolute Gasteiger partial charge is 0.296 e. The molecule has 0 saturated heterocycles. The third-order valence-electron chi connectivity index (χ3n) is 6.05. The highest BCUT2D eigenvalue weighted by molar-refractivity contribution is 7.91. The average Bonchev–Trinajstić information content (AvgIpc) is 2.88. The molecule has 2 aromatic heterocycles. The minimum Gasteiger partial charge on any atom is -0.493 e. The number of hydrogen-bond acceptors (Lipinski definition) is 6. The van der Waals surface area contributed by atoms with Gasteiger partial charge in [-0.3, -0.25) is 9.36 Å². The molecular weight excluding hydrogens is 481 g/mol. The first-order valence-electron chi connectivity index (χ1n) is 11.6. The van der Waals surface area contributed by atoms with Crippen LogP contribution in [0.1, 0.15) is 44.1 Å². The second kappa shape index (κ2) is 10.4. The van der Waals surface area contributed by atoms with Crippen LogP contribution in [-0.4, -0.2) is 28.1 Å². The van der Waals surface area contributed by atoms with Crippen molar-refractivity contribution in [2.75, 3.05) is 0 Å². The Hall–Kier alpha value is -3.85. The van der Waals surface area contributed by atoms with Crippen LogP contribution in [0.25, 0.3) is 11.1 Å². The van der Waals surface area contributed by atoms with Crippen molar-refractivity contribution in [2.45, 2.75) is 48.9 Å². The van der Waals surface area contributed by atoms with E-state index < -0.39 is 38.2 Å². The maximum atomic E-state index is 13.5. The van der Waals surface area contributed by atoms with Gasteiger partial charge in [0.25, 0.3) is 5.56 Å². The molecule has 0 spiro atoms. The van der Waals surface area contributed by atoms with Gasteiger partial charge in [-0.25, -0.2) is 13.4 Å². The second-order valence-electron chi connectivity index (χ2n) is 8.44. The Labute approximate surface area is 208 Å². The number of sulfone groups is 1. The van der Waals surface area contributed by atoms with E-state index in [9.17, 15) is 22.7 Å². The Balaban J connectivity index is 1.82. The van der Waals surface area contributed by atoms with Crippen molar-refractivity contribution in [1.82, 2.24) is 14.5 Å². The van der Waals surface area contributed by atoms with Crippen molar-refractivity contribution < 1.29 is 17.9 Å². The van der Waals surface area contributed by atoms with E-state index in [2.05, 4.69) is 9.97 Å². The van der Waals surface area contributed by atoms with E-state index >= 15 is 0 Å². The van der Waals surface area contributed by atoms with Crippen molar-refractivity contribution >= 4 is 9.84 Å². The summed E-state index contributed by atoms with van der Waals surface area (Å²) in [5.41, 5.74) is 1.05. The maximum absolute atomic E-state index is 13.5. The second-order valence-corrected chi connectivity index (χ2v) is 10.3. The van der Waals surface area contributed by atoms with E-state index in [0.29, 0.717) is 23.4 Å². The Kier molecular flexibility index (Phi) is 7.30. The summed E-state index contributed by atoms with van der Waals surface area (Å²) in [6, 6.07) is 17.3. The van der Waals surface area contributed by atoms with Gasteiger partial charge in [0, 0.05) is 18.2 Å². The Bertz CT molecular complexity index is 1520. The maximum Gasteiger partial charge on any atom is 0.296 e. The third kappa shape index (κ3) is 4.92. The summed E-state index contributed by atoms with van der Waals surface area (Å²) in [7, 11) is -4.40. The molecular formula is C27H26FN3O4S. The predicted molar refractivity (Wildman–Crippen MR) is 134 cm³/mol. The van der Waals surface area contributed by atoms with Crippen LogP contribution in [0.4, 0.5) is 4.39 Å². The van der Waals surface area contributed by atoms with Gasteiger partial charge in [-0.1, -0.05) is 55.8 Å². The van der Waals surface area contributed by atoms with Crippen LogP contribution in [0.2, 0.25) is 0 Å². The lowest BCUT2D eigenvalue weighted by Gasteiger charge is -2.23. The number of aromatic hydroxyl groups is 1. The molecule has 4 rings (SSSR count). The number of nitrogens with zero attached hydrogens (tertiary/aromatic N) is 3. The van der Waals surface area contributed by atoms with Gasteiger partial charge in [-0.05, 0) is 48.7 Å². The van der Waals surface area contributed by atoms with Gasteiger partial charge < -0.3 is 5.11 Å². The van der Waals surface area contributed by atoms with E-state index in [1.165, 1.54) is 47.2 Å². The molecule has 1 atom stereocenters. The third-order valence-corrected chi connectivity index (χ3v) is 7.84. The van der Waals surface area contributed by atoms with Crippen molar-refractivity contribution in [3.8, 4) is 17.0 Å². The molecule has 2 heterocycles. The Morgan fingerprint density at radius 3 is 2.28 bits per heavy atom. The molecule has 36 heavy (non-hydrogen) atoms. The molecule has 4 aromatic rings. The van der Waals surface area contributed by atoms with Crippen molar-refractivity contribution in [3.05, 3.63) is 101 Å². The molecule has 2 aromatic carbocycles. The van der Waals surface area contributed by atoms with Gasteiger partial charge in [-0.2, -0.15) is 9.37 Å². The number of aryl methyl sites for hydroxylation is 1. The first kappa shape index (κ1) is 25.2. The molecule has 0 unspecified atom stereocenters. The summed E-state index contributed by atoms with van der Waals surface area (Å²) < 4.78 is 41.6. The zero-order valence-electron chi connectivity index (χ0n) is 19.9. The highest BCUT2D eigenvalue weighted by Crippen LogP contribution is 2.32. The molecule has 0 saturated carbocycles. The number of unbranched alkanes of at least 4 members (excludes halogenated alkanes) is 1. The van der Waals surface area contributed by atoms with E-state index in [1.54, 1.807) is 0 Å². The van der Waals surface area contributed by atoms with E-state index in [1.807, 2.05) is 44.2 Å². The quantitative estimate of drug-likeness (QED) is 0.339. The first-order valence-corrected chi connectivity index (χ1v) is 13.1. The van der Waals surface area contributed by atoms with E-state index in [-0.39, 0.29) is 4.90 Å². The number of pyridine rings is 1. The molecule has 7 nitrogen and oxygen atoms in total. The molecule has 0 radical (unpaired) electrons. The van der Waals surface area contributed by atoms with Gasteiger partial charge in [0.05, 0.1) is 10.9 Å². The number of rotatable bonds is 8. The fourth-order valence-electron chi connectivity index (χ4n) is 4.07. The summed E-state index contributed by atoms with van der Waals surface area (Å²) in [6.07, 6.45) is 3.32. The van der Waals surface area contributed by atoms with Gasteiger partial charge in [-0.15, -0.1) is 0 Å². The molecule has 0 aliphatic carbocycles. The Morgan fingerprint density at radius 2 is 1.67 bits per heavy atom. The number of aromatic nitrogens is 3. The topological polar surface area (TPSA) is 102 Å². The van der Waals surface area contributed by atoms with Gasteiger partial charge >= 0.3 is 0 Å². The van der Waals surface area contributed by atoms with E-state index in [0.717, 1.165) is 18.4 Å². The fraction of sp³-hybridized carbons (Fsp3) is 0.222. The normalized spacial score (nSPS) is 12.4. The lowest BCUT2D eigenvalue weighted by Crippen LogP contribution is -2.27. The molecule has 1 N–H and O–H groups in total. The Morgan fingerprint density at radius 1 is 1.00 bits per heavy atom. The molecule has 186 valence electrons. The van der Waals surface area contributed by atoms with Gasteiger partial charge in [0.2, 0.25) is 21.7 Å². The van der Waals surface area contributed by atoms with Crippen LogP contribution in [0.15, 0.2) is 87.5 Å². The van der Waals surface area contributed by atoms with Gasteiger partial charge in [0.15, 0.2) is 4.90 Å². The van der Waals surface area contributed by atoms with Crippen molar-refractivity contribution in [1.29, 1.82) is 0 Å². The molecule has 9 heteroatoms.